The van der Waals surface area contributed by atoms with Crippen molar-refractivity contribution in [2.45, 2.75) is 57.1 Å². The molecule has 0 radical (unpaired) electrons. The Labute approximate surface area is 265 Å². The van der Waals surface area contributed by atoms with Crippen molar-refractivity contribution in [3.63, 3.8) is 0 Å². The second-order valence-corrected chi connectivity index (χ2v) is 14.1. The number of nitrogens with one attached hydrogen (secondary N) is 1. The van der Waals surface area contributed by atoms with Crippen molar-refractivity contribution in [2.24, 2.45) is 0 Å². The number of aryl methyl sites for hydroxylation is 1. The fourth-order valence-corrected chi connectivity index (χ4v) is 6.30. The molecule has 0 spiro atoms. The molecule has 0 fully saturated rings. The molecule has 230 valence electrons. The Balaban J connectivity index is 1.80. The Kier molecular flexibility index (Phi) is 10.5. The van der Waals surface area contributed by atoms with E-state index in [0.717, 1.165) is 21.0 Å². The highest BCUT2D eigenvalue weighted by atomic mass is 35.5. The maximum atomic E-state index is 14.4. The Morgan fingerprint density at radius 2 is 1.34 bits per heavy atom. The number of amides is 2. The van der Waals surface area contributed by atoms with Crippen LogP contribution in [0.5, 0.6) is 0 Å². The maximum Gasteiger partial charge on any atom is 0.264 e. The van der Waals surface area contributed by atoms with Gasteiger partial charge in [0.1, 0.15) is 12.6 Å². The van der Waals surface area contributed by atoms with Crippen LogP contribution in [0.25, 0.3) is 0 Å². The van der Waals surface area contributed by atoms with Gasteiger partial charge in [-0.15, -0.1) is 0 Å². The molecule has 4 rings (SSSR count). The van der Waals surface area contributed by atoms with Crippen molar-refractivity contribution in [1.82, 2.24) is 10.2 Å². The van der Waals surface area contributed by atoms with Gasteiger partial charge in [0.2, 0.25) is 11.8 Å². The van der Waals surface area contributed by atoms with E-state index in [0.29, 0.717) is 5.02 Å². The average Bonchev–Trinajstić information content (AvgIpc) is 2.98. The Morgan fingerprint density at radius 3 is 1.89 bits per heavy atom. The third kappa shape index (κ3) is 8.71. The van der Waals surface area contributed by atoms with E-state index in [1.54, 1.807) is 36.4 Å². The molecule has 0 bridgehead atoms. The van der Waals surface area contributed by atoms with E-state index < -0.39 is 34.1 Å². The first-order valence-corrected chi connectivity index (χ1v) is 16.2. The summed E-state index contributed by atoms with van der Waals surface area (Å²) < 4.78 is 29.2. The molecule has 0 aliphatic carbocycles. The minimum Gasteiger partial charge on any atom is -0.350 e. The van der Waals surface area contributed by atoms with Crippen LogP contribution in [0.2, 0.25) is 5.02 Å². The number of hydrogen-bond acceptors (Lipinski definition) is 4. The summed E-state index contributed by atoms with van der Waals surface area (Å²) in [7, 11) is -4.18. The molecule has 4 aromatic rings. The van der Waals surface area contributed by atoms with Crippen LogP contribution < -0.4 is 9.62 Å². The van der Waals surface area contributed by atoms with Gasteiger partial charge >= 0.3 is 0 Å². The molecule has 7 nitrogen and oxygen atoms in total. The van der Waals surface area contributed by atoms with Crippen molar-refractivity contribution >= 4 is 39.1 Å². The zero-order valence-electron chi connectivity index (χ0n) is 25.4. The van der Waals surface area contributed by atoms with Crippen LogP contribution in [0.4, 0.5) is 5.69 Å². The summed E-state index contributed by atoms with van der Waals surface area (Å²) in [5, 5.41) is 3.46. The second-order valence-electron chi connectivity index (χ2n) is 11.8. The number of halogens is 1. The topological polar surface area (TPSA) is 86.8 Å². The first-order chi connectivity index (χ1) is 20.8. The van der Waals surface area contributed by atoms with E-state index in [-0.39, 0.29) is 29.5 Å². The number of anilines is 1. The van der Waals surface area contributed by atoms with Crippen molar-refractivity contribution < 1.29 is 18.0 Å². The van der Waals surface area contributed by atoms with Gasteiger partial charge in [-0.3, -0.25) is 13.9 Å². The van der Waals surface area contributed by atoms with Crippen LogP contribution in [0, 0.1) is 6.92 Å². The standard InChI is InChI=1S/C35H38ClN3O4S/c1-26-15-21-31(22-16-26)44(42,43)39(30-19-17-29(36)18-20-30)25-33(40)38(24-28-13-9-6-10-14-28)32(34(41)37-35(2,3)4)23-27-11-7-5-8-12-27/h5-22,32H,23-25H2,1-4H3,(H,37,41)/t32-/m1/s1. The minimum absolute atomic E-state index is 0.0479. The molecule has 0 aromatic heterocycles. The largest absolute Gasteiger partial charge is 0.350 e. The van der Waals surface area contributed by atoms with Gasteiger partial charge < -0.3 is 10.2 Å². The number of rotatable bonds is 11. The molecule has 0 aliphatic heterocycles. The zero-order chi connectivity index (χ0) is 31.9. The van der Waals surface area contributed by atoms with E-state index in [1.807, 2.05) is 88.4 Å². The molecule has 1 N–H and O–H groups in total. The third-order valence-corrected chi connectivity index (χ3v) is 9.01. The van der Waals surface area contributed by atoms with E-state index in [9.17, 15) is 18.0 Å². The second kappa shape index (κ2) is 14.1. The smallest absolute Gasteiger partial charge is 0.264 e. The molecule has 0 aliphatic rings. The molecule has 0 saturated heterocycles. The van der Waals surface area contributed by atoms with Gasteiger partial charge in [0.25, 0.3) is 10.0 Å². The Bertz CT molecular complexity index is 1660. The summed E-state index contributed by atoms with van der Waals surface area (Å²) in [6.45, 7) is 7.08. The lowest BCUT2D eigenvalue weighted by atomic mass is 10.0. The van der Waals surface area contributed by atoms with Gasteiger partial charge in [-0.05, 0) is 75.2 Å². The van der Waals surface area contributed by atoms with Crippen molar-refractivity contribution in [3.05, 3.63) is 131 Å². The SMILES string of the molecule is Cc1ccc(S(=O)(=O)N(CC(=O)N(Cc2ccccc2)[C@H](Cc2ccccc2)C(=O)NC(C)(C)C)c2ccc(Cl)cc2)cc1. The molecule has 2 amide bonds. The molecular formula is C35H38ClN3O4S. The monoisotopic (exact) mass is 631 g/mol. The summed E-state index contributed by atoms with van der Waals surface area (Å²) in [5.74, 6) is -0.852. The van der Waals surface area contributed by atoms with Crippen molar-refractivity contribution in [1.29, 1.82) is 0 Å². The van der Waals surface area contributed by atoms with Gasteiger partial charge in [0, 0.05) is 23.5 Å². The summed E-state index contributed by atoms with van der Waals surface area (Å²) in [5.41, 5.74) is 2.30. The summed E-state index contributed by atoms with van der Waals surface area (Å²) in [4.78, 5) is 29.9. The molecular weight excluding hydrogens is 594 g/mol. The lowest BCUT2D eigenvalue weighted by Gasteiger charge is -2.35. The first-order valence-electron chi connectivity index (χ1n) is 14.4. The van der Waals surface area contributed by atoms with Crippen LogP contribution in [-0.4, -0.2) is 43.3 Å². The molecule has 9 heteroatoms. The minimum atomic E-state index is -4.18. The predicted octanol–water partition coefficient (Wildman–Crippen LogP) is 6.40. The quantitative estimate of drug-likeness (QED) is 0.208. The summed E-state index contributed by atoms with van der Waals surface area (Å²) in [6.07, 6.45) is 0.243. The van der Waals surface area contributed by atoms with E-state index in [4.69, 9.17) is 11.6 Å². The molecule has 44 heavy (non-hydrogen) atoms. The summed E-state index contributed by atoms with van der Waals surface area (Å²) in [6, 6.07) is 30.7. The molecule has 4 aromatic carbocycles. The van der Waals surface area contributed by atoms with E-state index >= 15 is 0 Å². The number of carbonyl (C=O) groups is 2. The average molecular weight is 632 g/mol. The van der Waals surface area contributed by atoms with Gasteiger partial charge in [-0.1, -0.05) is 90.0 Å². The zero-order valence-corrected chi connectivity index (χ0v) is 27.0. The number of benzene rings is 4. The number of carbonyl (C=O) groups excluding carboxylic acids is 2. The highest BCUT2D eigenvalue weighted by Crippen LogP contribution is 2.27. The van der Waals surface area contributed by atoms with Crippen LogP contribution >= 0.6 is 11.6 Å². The fraction of sp³-hybridized carbons (Fsp3) is 0.257. The van der Waals surface area contributed by atoms with Crippen LogP contribution in [-0.2, 0) is 32.6 Å². The van der Waals surface area contributed by atoms with Gasteiger partial charge in [-0.2, -0.15) is 0 Å². The first kappa shape index (κ1) is 32.8. The van der Waals surface area contributed by atoms with Gasteiger partial charge in [-0.25, -0.2) is 8.42 Å². The molecule has 1 atom stereocenters. The summed E-state index contributed by atoms with van der Waals surface area (Å²) >= 11 is 6.13. The Hall–Kier alpha value is -4.14. The van der Waals surface area contributed by atoms with Crippen molar-refractivity contribution in [3.8, 4) is 0 Å². The molecule has 0 heterocycles. The van der Waals surface area contributed by atoms with Crippen LogP contribution in [0.1, 0.15) is 37.5 Å². The Morgan fingerprint density at radius 1 is 0.795 bits per heavy atom. The lowest BCUT2D eigenvalue weighted by Crippen LogP contribution is -2.56. The highest BCUT2D eigenvalue weighted by molar-refractivity contribution is 7.92. The molecule has 0 saturated carbocycles. The highest BCUT2D eigenvalue weighted by Gasteiger charge is 2.35. The lowest BCUT2D eigenvalue weighted by molar-refractivity contribution is -0.140. The molecule has 0 unspecified atom stereocenters. The van der Waals surface area contributed by atoms with Crippen LogP contribution in [0.3, 0.4) is 0 Å². The number of sulfonamides is 1. The van der Waals surface area contributed by atoms with E-state index in [1.165, 1.54) is 17.0 Å². The van der Waals surface area contributed by atoms with Crippen LogP contribution in [0.15, 0.2) is 114 Å². The number of hydrogen-bond donors (Lipinski definition) is 1. The van der Waals surface area contributed by atoms with Gasteiger partial charge in [0.05, 0.1) is 10.6 Å². The normalized spacial score (nSPS) is 12.3. The maximum absolute atomic E-state index is 14.4. The van der Waals surface area contributed by atoms with E-state index in [2.05, 4.69) is 5.32 Å². The van der Waals surface area contributed by atoms with Gasteiger partial charge in [0.15, 0.2) is 0 Å². The van der Waals surface area contributed by atoms with Crippen molar-refractivity contribution in [2.75, 3.05) is 10.8 Å². The fourth-order valence-electron chi connectivity index (χ4n) is 4.76. The third-order valence-electron chi connectivity index (χ3n) is 6.97. The predicted molar refractivity (Wildman–Crippen MR) is 176 cm³/mol. The number of nitrogens with zero attached hydrogens (tertiary/aromatic N) is 2.